The van der Waals surface area contributed by atoms with Gasteiger partial charge in [0.1, 0.15) is 0 Å². The lowest BCUT2D eigenvalue weighted by Gasteiger charge is -2.08. The number of pyridine rings is 1. The zero-order chi connectivity index (χ0) is 13.2. The zero-order valence-electron chi connectivity index (χ0n) is 11.4. The van der Waals surface area contributed by atoms with Crippen molar-refractivity contribution in [1.29, 1.82) is 0 Å². The Kier molecular flexibility index (Phi) is 3.04. The summed E-state index contributed by atoms with van der Waals surface area (Å²) in [5.74, 6) is 0. The minimum Gasteiger partial charge on any atom is -0.248 e. The second-order valence-electron chi connectivity index (χ2n) is 4.90. The number of fused-ring (bicyclic) bond motifs is 1. The van der Waals surface area contributed by atoms with Gasteiger partial charge < -0.3 is 0 Å². The molecule has 1 aromatic heterocycles. The van der Waals surface area contributed by atoms with Gasteiger partial charge in [0.05, 0.1) is 11.2 Å². The molecule has 0 saturated carbocycles. The first kappa shape index (κ1) is 11.9. The van der Waals surface area contributed by atoms with Gasteiger partial charge in [-0.2, -0.15) is 0 Å². The van der Waals surface area contributed by atoms with Crippen LogP contribution in [-0.4, -0.2) is 4.98 Å². The van der Waals surface area contributed by atoms with E-state index in [1.165, 1.54) is 22.1 Å². The van der Waals surface area contributed by atoms with E-state index >= 15 is 0 Å². The Morgan fingerprint density at radius 3 is 2.47 bits per heavy atom. The average molecular weight is 247 g/mol. The van der Waals surface area contributed by atoms with Crippen molar-refractivity contribution in [2.45, 2.75) is 20.3 Å². The van der Waals surface area contributed by atoms with Crippen LogP contribution in [0.2, 0.25) is 0 Å². The van der Waals surface area contributed by atoms with E-state index in [2.05, 4.69) is 62.4 Å². The summed E-state index contributed by atoms with van der Waals surface area (Å²) in [5.41, 5.74) is 5.96. The van der Waals surface area contributed by atoms with E-state index in [-0.39, 0.29) is 0 Å². The van der Waals surface area contributed by atoms with Crippen molar-refractivity contribution in [2.24, 2.45) is 0 Å². The molecule has 1 heterocycles. The quantitative estimate of drug-likeness (QED) is 0.635. The summed E-state index contributed by atoms with van der Waals surface area (Å²) < 4.78 is 0. The van der Waals surface area contributed by atoms with E-state index in [9.17, 15) is 0 Å². The minimum atomic E-state index is 1.05. The van der Waals surface area contributed by atoms with Gasteiger partial charge in [-0.3, -0.25) is 0 Å². The number of benzene rings is 2. The molecule has 3 rings (SSSR count). The van der Waals surface area contributed by atoms with Gasteiger partial charge in [-0.1, -0.05) is 43.3 Å². The predicted molar refractivity (Wildman–Crippen MR) is 81.3 cm³/mol. The molecule has 0 fully saturated rings. The summed E-state index contributed by atoms with van der Waals surface area (Å²) in [6.07, 6.45) is 1.07. The molecule has 1 nitrogen and oxygen atoms in total. The maximum Gasteiger partial charge on any atom is 0.0712 e. The number of nitrogens with zero attached hydrogens (tertiary/aromatic N) is 1. The number of rotatable bonds is 2. The lowest BCUT2D eigenvalue weighted by atomic mass is 10.0. The standard InChI is InChI=1S/C18H17N/c1-3-14-9-10-17-16(12-14)13(2)11-18(19-17)15-7-5-4-6-8-15/h4-12H,3H2,1-2H3. The number of hydrogen-bond acceptors (Lipinski definition) is 1. The van der Waals surface area contributed by atoms with Crippen LogP contribution in [0.5, 0.6) is 0 Å². The van der Waals surface area contributed by atoms with Crippen molar-refractivity contribution >= 4 is 10.9 Å². The van der Waals surface area contributed by atoms with E-state index in [1.54, 1.807) is 0 Å². The highest BCUT2D eigenvalue weighted by molar-refractivity contribution is 5.85. The van der Waals surface area contributed by atoms with Crippen molar-refractivity contribution in [1.82, 2.24) is 4.98 Å². The summed E-state index contributed by atoms with van der Waals surface area (Å²) in [4.78, 5) is 4.78. The summed E-state index contributed by atoms with van der Waals surface area (Å²) in [5, 5.41) is 1.26. The Hall–Kier alpha value is -2.15. The number of hydrogen-bond donors (Lipinski definition) is 0. The molecule has 0 atom stereocenters. The molecule has 0 aliphatic rings. The molecule has 0 amide bonds. The maximum atomic E-state index is 4.78. The van der Waals surface area contributed by atoms with Crippen LogP contribution in [0.3, 0.4) is 0 Å². The van der Waals surface area contributed by atoms with Gasteiger partial charge in [-0.05, 0) is 42.7 Å². The Bertz CT molecular complexity index is 714. The minimum absolute atomic E-state index is 1.05. The second kappa shape index (κ2) is 4.85. The van der Waals surface area contributed by atoms with Gasteiger partial charge in [-0.25, -0.2) is 4.98 Å². The van der Waals surface area contributed by atoms with Crippen LogP contribution in [0.4, 0.5) is 0 Å². The average Bonchev–Trinajstić information content (AvgIpc) is 2.48. The van der Waals surface area contributed by atoms with E-state index in [0.29, 0.717) is 0 Å². The molecule has 0 saturated heterocycles. The Morgan fingerprint density at radius 2 is 1.74 bits per heavy atom. The first-order valence-corrected chi connectivity index (χ1v) is 6.73. The second-order valence-corrected chi connectivity index (χ2v) is 4.90. The topological polar surface area (TPSA) is 12.9 Å². The first-order valence-electron chi connectivity index (χ1n) is 6.73. The maximum absolute atomic E-state index is 4.78. The van der Waals surface area contributed by atoms with Crippen LogP contribution < -0.4 is 0 Å². The van der Waals surface area contributed by atoms with Gasteiger partial charge in [0, 0.05) is 10.9 Å². The summed E-state index contributed by atoms with van der Waals surface area (Å²) in [6, 6.07) is 19.1. The fraction of sp³-hybridized carbons (Fsp3) is 0.167. The highest BCUT2D eigenvalue weighted by atomic mass is 14.7. The monoisotopic (exact) mass is 247 g/mol. The molecule has 3 aromatic rings. The Balaban J connectivity index is 2.20. The van der Waals surface area contributed by atoms with Gasteiger partial charge in [0.25, 0.3) is 0 Å². The predicted octanol–water partition coefficient (Wildman–Crippen LogP) is 4.77. The fourth-order valence-corrected chi connectivity index (χ4v) is 2.42. The molecule has 0 aliphatic heterocycles. The molecule has 94 valence electrons. The van der Waals surface area contributed by atoms with Crippen LogP contribution in [0, 0.1) is 6.92 Å². The third-order valence-electron chi connectivity index (χ3n) is 3.56. The fourth-order valence-electron chi connectivity index (χ4n) is 2.42. The van der Waals surface area contributed by atoms with Crippen molar-refractivity contribution in [2.75, 3.05) is 0 Å². The smallest absolute Gasteiger partial charge is 0.0712 e. The molecule has 19 heavy (non-hydrogen) atoms. The molecule has 0 bridgehead atoms. The largest absolute Gasteiger partial charge is 0.248 e. The molecule has 0 spiro atoms. The van der Waals surface area contributed by atoms with E-state index < -0.39 is 0 Å². The van der Waals surface area contributed by atoms with Crippen LogP contribution in [0.25, 0.3) is 22.2 Å². The molecule has 1 heteroatoms. The first-order chi connectivity index (χ1) is 9.28. The molecule has 0 aliphatic carbocycles. The van der Waals surface area contributed by atoms with Crippen molar-refractivity contribution in [3.63, 3.8) is 0 Å². The normalized spacial score (nSPS) is 10.8. The molecule has 0 radical (unpaired) electrons. The van der Waals surface area contributed by atoms with Crippen LogP contribution in [0.1, 0.15) is 18.1 Å². The highest BCUT2D eigenvalue weighted by Crippen LogP contribution is 2.25. The molecular formula is C18H17N. The van der Waals surface area contributed by atoms with Gasteiger partial charge in [0.15, 0.2) is 0 Å². The Labute approximate surface area is 113 Å². The lowest BCUT2D eigenvalue weighted by molar-refractivity contribution is 1.14. The molecular weight excluding hydrogens is 230 g/mol. The number of aryl methyl sites for hydroxylation is 2. The van der Waals surface area contributed by atoms with Crippen LogP contribution >= 0.6 is 0 Å². The highest BCUT2D eigenvalue weighted by Gasteiger charge is 2.05. The van der Waals surface area contributed by atoms with Crippen LogP contribution in [0.15, 0.2) is 54.6 Å². The summed E-state index contributed by atoms with van der Waals surface area (Å²) >= 11 is 0. The van der Waals surface area contributed by atoms with Gasteiger partial charge >= 0.3 is 0 Å². The van der Waals surface area contributed by atoms with Gasteiger partial charge in [0.2, 0.25) is 0 Å². The summed E-state index contributed by atoms with van der Waals surface area (Å²) in [6.45, 7) is 4.35. The van der Waals surface area contributed by atoms with Crippen LogP contribution in [-0.2, 0) is 6.42 Å². The molecule has 0 unspecified atom stereocenters. The Morgan fingerprint density at radius 1 is 0.947 bits per heavy atom. The van der Waals surface area contributed by atoms with E-state index in [1.807, 2.05) is 6.07 Å². The van der Waals surface area contributed by atoms with Crippen molar-refractivity contribution < 1.29 is 0 Å². The van der Waals surface area contributed by atoms with Crippen molar-refractivity contribution in [3.05, 3.63) is 65.7 Å². The third-order valence-corrected chi connectivity index (χ3v) is 3.56. The lowest BCUT2D eigenvalue weighted by Crippen LogP contribution is -1.90. The zero-order valence-corrected chi connectivity index (χ0v) is 11.4. The van der Waals surface area contributed by atoms with Crippen molar-refractivity contribution in [3.8, 4) is 11.3 Å². The molecule has 0 N–H and O–H groups in total. The SMILES string of the molecule is CCc1ccc2nc(-c3ccccc3)cc(C)c2c1. The van der Waals surface area contributed by atoms with E-state index in [0.717, 1.165) is 17.6 Å². The third kappa shape index (κ3) is 2.24. The molecule has 2 aromatic carbocycles. The summed E-state index contributed by atoms with van der Waals surface area (Å²) in [7, 11) is 0. The van der Waals surface area contributed by atoms with E-state index in [4.69, 9.17) is 4.98 Å². The van der Waals surface area contributed by atoms with Gasteiger partial charge in [-0.15, -0.1) is 0 Å². The number of aromatic nitrogens is 1.